The SMILES string of the molecule is COc1cccc(OC)c1-c1noc(C2CC2)c1COc1ccc(C2(O)CN(c3ncc(C(=O)O)cc3F)C2)c(Cl)c1. The van der Waals surface area contributed by atoms with Crippen LogP contribution < -0.4 is 19.1 Å². The molecule has 218 valence electrons. The van der Waals surface area contributed by atoms with E-state index in [4.69, 9.17) is 35.4 Å². The number of carboxylic acid groups (broad SMARTS) is 1. The van der Waals surface area contributed by atoms with Crippen LogP contribution >= 0.6 is 11.6 Å². The number of nitrogens with zero attached hydrogens (tertiary/aromatic N) is 3. The zero-order valence-corrected chi connectivity index (χ0v) is 23.5. The van der Waals surface area contributed by atoms with Crippen molar-refractivity contribution in [3.05, 3.63) is 82.0 Å². The fraction of sp³-hybridized carbons (Fsp3) is 0.300. The molecule has 0 unspecified atom stereocenters. The van der Waals surface area contributed by atoms with Crippen molar-refractivity contribution in [2.45, 2.75) is 31.0 Å². The van der Waals surface area contributed by atoms with Crippen LogP contribution in [0.1, 0.15) is 46.0 Å². The minimum Gasteiger partial charge on any atom is -0.496 e. The highest BCUT2D eigenvalue weighted by Gasteiger charge is 2.45. The molecule has 2 fully saturated rings. The summed E-state index contributed by atoms with van der Waals surface area (Å²) in [5.74, 6) is 0.601. The number of aliphatic hydroxyl groups is 1. The molecule has 1 saturated carbocycles. The number of benzene rings is 2. The van der Waals surface area contributed by atoms with Gasteiger partial charge in [0.05, 0.1) is 49.0 Å². The lowest BCUT2D eigenvalue weighted by atomic mass is 9.86. The van der Waals surface area contributed by atoms with Crippen LogP contribution in [-0.4, -0.2) is 53.6 Å². The van der Waals surface area contributed by atoms with E-state index < -0.39 is 17.4 Å². The molecule has 3 heterocycles. The fourth-order valence-electron chi connectivity index (χ4n) is 5.21. The van der Waals surface area contributed by atoms with Crippen LogP contribution in [0.3, 0.4) is 0 Å². The van der Waals surface area contributed by atoms with Crippen LogP contribution in [0, 0.1) is 5.82 Å². The zero-order chi connectivity index (χ0) is 29.6. The maximum atomic E-state index is 14.5. The quantitative estimate of drug-likeness (QED) is 0.246. The first kappa shape index (κ1) is 27.8. The monoisotopic (exact) mass is 595 g/mol. The molecular formula is C30H27ClFN3O7. The number of hydrogen-bond acceptors (Lipinski definition) is 9. The van der Waals surface area contributed by atoms with Crippen LogP contribution in [0.2, 0.25) is 5.02 Å². The lowest BCUT2D eigenvalue weighted by Crippen LogP contribution is -2.60. The number of rotatable bonds is 10. The molecule has 42 heavy (non-hydrogen) atoms. The summed E-state index contributed by atoms with van der Waals surface area (Å²) in [7, 11) is 3.16. The first-order valence-corrected chi connectivity index (χ1v) is 13.6. The summed E-state index contributed by atoms with van der Waals surface area (Å²) in [6, 6.07) is 11.4. The first-order valence-electron chi connectivity index (χ1n) is 13.2. The number of carbonyl (C=O) groups is 1. The van der Waals surface area contributed by atoms with Crippen molar-refractivity contribution in [1.29, 1.82) is 0 Å². The van der Waals surface area contributed by atoms with Crippen LogP contribution in [0.4, 0.5) is 10.2 Å². The van der Waals surface area contributed by atoms with Gasteiger partial charge in [-0.25, -0.2) is 14.2 Å². The lowest BCUT2D eigenvalue weighted by molar-refractivity contribution is 0.00670. The molecule has 0 radical (unpaired) electrons. The van der Waals surface area contributed by atoms with Crippen LogP contribution in [-0.2, 0) is 12.2 Å². The second kappa shape index (κ2) is 10.8. The summed E-state index contributed by atoms with van der Waals surface area (Å²) in [4.78, 5) is 16.5. The molecule has 2 aliphatic rings. The fourth-order valence-corrected chi connectivity index (χ4v) is 5.56. The van der Waals surface area contributed by atoms with Crippen LogP contribution in [0.25, 0.3) is 11.3 Å². The third kappa shape index (κ3) is 4.99. The number of methoxy groups -OCH3 is 2. The van der Waals surface area contributed by atoms with Crippen molar-refractivity contribution in [2.24, 2.45) is 0 Å². The smallest absolute Gasteiger partial charge is 0.337 e. The normalized spacial score (nSPS) is 15.7. The largest absolute Gasteiger partial charge is 0.496 e. The summed E-state index contributed by atoms with van der Waals surface area (Å²) < 4.78 is 37.6. The van der Waals surface area contributed by atoms with Crippen LogP contribution in [0.5, 0.6) is 17.2 Å². The van der Waals surface area contributed by atoms with E-state index in [2.05, 4.69) is 10.1 Å². The highest BCUT2D eigenvalue weighted by atomic mass is 35.5. The second-order valence-electron chi connectivity index (χ2n) is 10.3. The molecule has 0 atom stereocenters. The van der Waals surface area contributed by atoms with Gasteiger partial charge in [0.1, 0.15) is 40.9 Å². The Morgan fingerprint density at radius 1 is 1.17 bits per heavy atom. The second-order valence-corrected chi connectivity index (χ2v) is 10.7. The van der Waals surface area contributed by atoms with Gasteiger partial charge >= 0.3 is 5.97 Å². The Labute approximate surface area is 245 Å². The maximum absolute atomic E-state index is 14.5. The molecule has 6 rings (SSSR count). The zero-order valence-electron chi connectivity index (χ0n) is 22.8. The highest BCUT2D eigenvalue weighted by Crippen LogP contribution is 2.47. The van der Waals surface area contributed by atoms with E-state index in [0.29, 0.717) is 34.1 Å². The maximum Gasteiger partial charge on any atom is 0.337 e. The lowest BCUT2D eigenvalue weighted by Gasteiger charge is -2.47. The standard InChI is InChI=1S/C30H27ClFN3O7/c1-39-23-4-3-5-24(40-2)25(23)26-19(27(42-34-26)16-6-7-16)13-41-18-8-9-20(21(31)11-18)30(38)14-35(15-30)28-22(32)10-17(12-33-28)29(36)37/h3-5,8-12,16,38H,6-7,13-15H2,1-2H3,(H,36,37). The van der Waals surface area contributed by atoms with E-state index in [1.54, 1.807) is 32.4 Å². The van der Waals surface area contributed by atoms with Gasteiger partial charge in [-0.1, -0.05) is 28.9 Å². The summed E-state index contributed by atoms with van der Waals surface area (Å²) in [5.41, 5.74) is 0.891. The number of β-amino-alcohol motifs (C(OH)–C–C–N with tert-alkyl or cyclic N) is 1. The minimum absolute atomic E-state index is 0.0266. The van der Waals surface area contributed by atoms with E-state index in [1.165, 1.54) is 4.90 Å². The Hall–Kier alpha value is -4.35. The molecule has 1 aliphatic heterocycles. The number of pyridine rings is 1. The van der Waals surface area contributed by atoms with Gasteiger partial charge in [-0.05, 0) is 43.2 Å². The summed E-state index contributed by atoms with van der Waals surface area (Å²) >= 11 is 6.59. The third-order valence-corrected chi connectivity index (χ3v) is 7.84. The van der Waals surface area contributed by atoms with E-state index in [0.717, 1.165) is 36.4 Å². The Balaban J connectivity index is 1.20. The number of hydrogen-bond donors (Lipinski definition) is 2. The molecule has 2 aromatic carbocycles. The van der Waals surface area contributed by atoms with Crippen molar-refractivity contribution in [3.63, 3.8) is 0 Å². The summed E-state index contributed by atoms with van der Waals surface area (Å²) in [5, 5.41) is 24.9. The van der Waals surface area contributed by atoms with Gasteiger partial charge in [-0.15, -0.1) is 0 Å². The Kier molecular flexibility index (Phi) is 7.15. The molecule has 0 amide bonds. The van der Waals surface area contributed by atoms with Crippen molar-refractivity contribution in [3.8, 4) is 28.5 Å². The van der Waals surface area contributed by atoms with E-state index in [1.807, 2.05) is 18.2 Å². The van der Waals surface area contributed by atoms with Crippen molar-refractivity contribution >= 4 is 23.4 Å². The molecular weight excluding hydrogens is 569 g/mol. The predicted molar refractivity (Wildman–Crippen MR) is 150 cm³/mol. The number of ether oxygens (including phenoxy) is 3. The van der Waals surface area contributed by atoms with Gasteiger partial charge in [-0.2, -0.15) is 0 Å². The topological polar surface area (TPSA) is 127 Å². The van der Waals surface area contributed by atoms with Crippen LogP contribution in [0.15, 0.2) is 53.2 Å². The molecule has 10 nitrogen and oxygen atoms in total. The van der Waals surface area contributed by atoms with Crippen molar-refractivity contribution in [2.75, 3.05) is 32.2 Å². The van der Waals surface area contributed by atoms with Gasteiger partial charge in [0.2, 0.25) is 0 Å². The summed E-state index contributed by atoms with van der Waals surface area (Å²) in [6.45, 7) is 0.203. The average molecular weight is 596 g/mol. The van der Waals surface area contributed by atoms with Crippen molar-refractivity contribution < 1.29 is 38.1 Å². The number of carboxylic acids is 1. The van der Waals surface area contributed by atoms with Gasteiger partial charge in [0.15, 0.2) is 11.6 Å². The molecule has 4 aromatic rings. The number of halogens is 2. The Morgan fingerprint density at radius 3 is 2.48 bits per heavy atom. The highest BCUT2D eigenvalue weighted by molar-refractivity contribution is 6.31. The molecule has 1 saturated heterocycles. The third-order valence-electron chi connectivity index (χ3n) is 7.53. The number of anilines is 1. The predicted octanol–water partition coefficient (Wildman–Crippen LogP) is 5.41. The molecule has 2 aromatic heterocycles. The molecule has 2 N–H and O–H groups in total. The first-order chi connectivity index (χ1) is 20.2. The van der Waals surface area contributed by atoms with Gasteiger partial charge in [0, 0.05) is 17.7 Å². The Morgan fingerprint density at radius 2 is 1.88 bits per heavy atom. The summed E-state index contributed by atoms with van der Waals surface area (Å²) in [6.07, 6.45) is 3.09. The van der Waals surface area contributed by atoms with E-state index in [-0.39, 0.29) is 42.0 Å². The molecule has 0 spiro atoms. The molecule has 1 aliphatic carbocycles. The van der Waals surface area contributed by atoms with Crippen molar-refractivity contribution in [1.82, 2.24) is 10.1 Å². The van der Waals surface area contributed by atoms with E-state index in [9.17, 15) is 14.3 Å². The molecule has 12 heteroatoms. The average Bonchev–Trinajstić information content (AvgIpc) is 3.73. The van der Waals surface area contributed by atoms with Gasteiger partial charge < -0.3 is 33.8 Å². The number of aromatic nitrogens is 2. The van der Waals surface area contributed by atoms with E-state index >= 15 is 0 Å². The van der Waals surface area contributed by atoms with Gasteiger partial charge in [0.25, 0.3) is 0 Å². The molecule has 0 bridgehead atoms. The van der Waals surface area contributed by atoms with Gasteiger partial charge in [-0.3, -0.25) is 0 Å². The minimum atomic E-state index is -1.35. The Bertz CT molecular complexity index is 1640. The number of aromatic carboxylic acids is 1.